The van der Waals surface area contributed by atoms with Crippen molar-refractivity contribution in [3.8, 4) is 0 Å². The normalized spacial score (nSPS) is 10.8. The number of nitrogens with zero attached hydrogens (tertiary/aromatic N) is 2. The molecule has 1 heterocycles. The summed E-state index contributed by atoms with van der Waals surface area (Å²) in [7, 11) is 0. The van der Waals surface area contributed by atoms with E-state index in [4.69, 9.17) is 0 Å². The van der Waals surface area contributed by atoms with E-state index in [-0.39, 0.29) is 0 Å². The highest BCUT2D eigenvalue weighted by Crippen LogP contribution is 2.14. The van der Waals surface area contributed by atoms with Crippen LogP contribution in [0.4, 0.5) is 0 Å². The number of aromatic nitrogens is 2. The van der Waals surface area contributed by atoms with Gasteiger partial charge in [-0.15, -0.1) is 0 Å². The number of benzene rings is 1. The molecule has 2 aromatic rings. The van der Waals surface area contributed by atoms with E-state index in [1.807, 2.05) is 23.1 Å². The lowest BCUT2D eigenvalue weighted by Gasteiger charge is -2.11. The Hall–Kier alpha value is -1.61. The third-order valence-electron chi connectivity index (χ3n) is 3.34. The summed E-state index contributed by atoms with van der Waals surface area (Å²) in [6.07, 6.45) is 3.80. The summed E-state index contributed by atoms with van der Waals surface area (Å²) >= 11 is 0. The monoisotopic (exact) mass is 243 g/mol. The molecular weight excluding hydrogens is 222 g/mol. The molecule has 96 valence electrons. The van der Waals surface area contributed by atoms with Crippen LogP contribution in [0.1, 0.15) is 22.3 Å². The first kappa shape index (κ1) is 12.8. The van der Waals surface area contributed by atoms with E-state index in [0.29, 0.717) is 0 Å². The number of nitrogens with one attached hydrogen (secondary N) is 1. The molecular formula is C15H21N3. The van der Waals surface area contributed by atoms with Gasteiger partial charge in [-0.25, -0.2) is 0 Å². The summed E-state index contributed by atoms with van der Waals surface area (Å²) in [6, 6.07) is 6.50. The molecule has 0 bridgehead atoms. The van der Waals surface area contributed by atoms with Gasteiger partial charge >= 0.3 is 0 Å². The SMILES string of the molecule is Cc1cc(C)c(CNCCn2cccn2)cc1C. The third-order valence-corrected chi connectivity index (χ3v) is 3.34. The molecule has 0 aliphatic carbocycles. The quantitative estimate of drug-likeness (QED) is 0.818. The van der Waals surface area contributed by atoms with E-state index in [9.17, 15) is 0 Å². The first-order chi connectivity index (χ1) is 8.66. The summed E-state index contributed by atoms with van der Waals surface area (Å²) in [6.45, 7) is 9.29. The Labute approximate surface area is 109 Å². The van der Waals surface area contributed by atoms with E-state index < -0.39 is 0 Å². The summed E-state index contributed by atoms with van der Waals surface area (Å²) in [5.74, 6) is 0. The van der Waals surface area contributed by atoms with Crippen LogP contribution in [0.15, 0.2) is 30.6 Å². The first-order valence-corrected chi connectivity index (χ1v) is 6.41. The molecule has 0 aliphatic heterocycles. The van der Waals surface area contributed by atoms with Crippen LogP contribution >= 0.6 is 0 Å². The summed E-state index contributed by atoms with van der Waals surface area (Å²) in [5, 5.41) is 7.65. The van der Waals surface area contributed by atoms with E-state index in [0.717, 1.165) is 19.6 Å². The Kier molecular flexibility index (Phi) is 4.15. The van der Waals surface area contributed by atoms with Crippen LogP contribution in [0.3, 0.4) is 0 Å². The van der Waals surface area contributed by atoms with Crippen molar-refractivity contribution in [2.45, 2.75) is 33.9 Å². The fourth-order valence-corrected chi connectivity index (χ4v) is 2.06. The highest BCUT2D eigenvalue weighted by atomic mass is 15.3. The third kappa shape index (κ3) is 3.20. The second-order valence-electron chi connectivity index (χ2n) is 4.81. The fourth-order valence-electron chi connectivity index (χ4n) is 2.06. The van der Waals surface area contributed by atoms with Crippen molar-refractivity contribution >= 4 is 0 Å². The Morgan fingerprint density at radius 3 is 2.61 bits per heavy atom. The van der Waals surface area contributed by atoms with Crippen LogP contribution in [0, 0.1) is 20.8 Å². The summed E-state index contributed by atoms with van der Waals surface area (Å²) < 4.78 is 1.94. The predicted molar refractivity (Wildman–Crippen MR) is 74.6 cm³/mol. The Bertz CT molecular complexity index is 501. The van der Waals surface area contributed by atoms with Crippen molar-refractivity contribution < 1.29 is 0 Å². The molecule has 0 radical (unpaired) electrons. The van der Waals surface area contributed by atoms with Crippen molar-refractivity contribution in [1.82, 2.24) is 15.1 Å². The van der Waals surface area contributed by atoms with Gasteiger partial charge in [0.25, 0.3) is 0 Å². The van der Waals surface area contributed by atoms with Gasteiger partial charge in [-0.2, -0.15) is 5.10 Å². The van der Waals surface area contributed by atoms with E-state index >= 15 is 0 Å². The molecule has 1 aromatic heterocycles. The Balaban J connectivity index is 1.85. The maximum atomic E-state index is 4.18. The molecule has 0 atom stereocenters. The Morgan fingerprint density at radius 2 is 1.89 bits per heavy atom. The number of hydrogen-bond donors (Lipinski definition) is 1. The minimum absolute atomic E-state index is 0.914. The van der Waals surface area contributed by atoms with Gasteiger partial charge in [0, 0.05) is 25.5 Å². The summed E-state index contributed by atoms with van der Waals surface area (Å²) in [5.41, 5.74) is 5.49. The van der Waals surface area contributed by atoms with Crippen molar-refractivity contribution in [2.24, 2.45) is 0 Å². The van der Waals surface area contributed by atoms with Crippen molar-refractivity contribution in [3.05, 3.63) is 52.8 Å². The zero-order valence-electron chi connectivity index (χ0n) is 11.4. The van der Waals surface area contributed by atoms with Crippen LogP contribution in [0.25, 0.3) is 0 Å². The van der Waals surface area contributed by atoms with Crippen LogP contribution in [-0.2, 0) is 13.1 Å². The standard InChI is InChI=1S/C15H21N3/c1-12-9-14(3)15(10-13(12)2)11-16-6-8-18-7-4-5-17-18/h4-5,7,9-10,16H,6,8,11H2,1-3H3. The second-order valence-corrected chi connectivity index (χ2v) is 4.81. The van der Waals surface area contributed by atoms with Gasteiger partial charge in [0.05, 0.1) is 6.54 Å². The second kappa shape index (κ2) is 5.83. The van der Waals surface area contributed by atoms with Gasteiger partial charge in [-0.05, 0) is 49.1 Å². The van der Waals surface area contributed by atoms with Crippen molar-refractivity contribution in [3.63, 3.8) is 0 Å². The molecule has 2 rings (SSSR count). The largest absolute Gasteiger partial charge is 0.311 e. The van der Waals surface area contributed by atoms with Gasteiger partial charge in [-0.3, -0.25) is 4.68 Å². The van der Waals surface area contributed by atoms with Gasteiger partial charge in [0.15, 0.2) is 0 Å². The molecule has 1 N–H and O–H groups in total. The molecule has 0 saturated carbocycles. The molecule has 0 aliphatic rings. The topological polar surface area (TPSA) is 29.9 Å². The van der Waals surface area contributed by atoms with Crippen LogP contribution in [-0.4, -0.2) is 16.3 Å². The van der Waals surface area contributed by atoms with Crippen LogP contribution in [0.5, 0.6) is 0 Å². The molecule has 1 aromatic carbocycles. The number of hydrogen-bond acceptors (Lipinski definition) is 2. The highest BCUT2D eigenvalue weighted by molar-refractivity contribution is 5.36. The minimum Gasteiger partial charge on any atom is -0.311 e. The smallest absolute Gasteiger partial charge is 0.0534 e. The van der Waals surface area contributed by atoms with Gasteiger partial charge in [0.1, 0.15) is 0 Å². The highest BCUT2D eigenvalue weighted by Gasteiger charge is 2.01. The zero-order valence-corrected chi connectivity index (χ0v) is 11.4. The maximum absolute atomic E-state index is 4.18. The molecule has 0 unspecified atom stereocenters. The number of rotatable bonds is 5. The molecule has 0 spiro atoms. The fraction of sp³-hybridized carbons (Fsp3) is 0.400. The van der Waals surface area contributed by atoms with E-state index in [1.165, 1.54) is 22.3 Å². The molecule has 3 heteroatoms. The minimum atomic E-state index is 0.914. The first-order valence-electron chi connectivity index (χ1n) is 6.41. The van der Waals surface area contributed by atoms with Gasteiger partial charge < -0.3 is 5.32 Å². The zero-order chi connectivity index (χ0) is 13.0. The van der Waals surface area contributed by atoms with Crippen LogP contribution in [0.2, 0.25) is 0 Å². The van der Waals surface area contributed by atoms with Crippen molar-refractivity contribution in [1.29, 1.82) is 0 Å². The number of aryl methyl sites for hydroxylation is 3. The van der Waals surface area contributed by atoms with Gasteiger partial charge in [0.2, 0.25) is 0 Å². The maximum Gasteiger partial charge on any atom is 0.0534 e. The average molecular weight is 243 g/mol. The molecule has 18 heavy (non-hydrogen) atoms. The lowest BCUT2D eigenvalue weighted by Crippen LogP contribution is -2.20. The Morgan fingerprint density at radius 1 is 1.11 bits per heavy atom. The van der Waals surface area contributed by atoms with Crippen molar-refractivity contribution in [2.75, 3.05) is 6.54 Å². The molecule has 0 saturated heterocycles. The van der Waals surface area contributed by atoms with Gasteiger partial charge in [-0.1, -0.05) is 12.1 Å². The van der Waals surface area contributed by atoms with E-state index in [1.54, 1.807) is 0 Å². The molecule has 0 amide bonds. The van der Waals surface area contributed by atoms with E-state index in [2.05, 4.69) is 43.3 Å². The summed E-state index contributed by atoms with van der Waals surface area (Å²) in [4.78, 5) is 0. The lowest BCUT2D eigenvalue weighted by atomic mass is 10.0. The molecule has 0 fully saturated rings. The van der Waals surface area contributed by atoms with Crippen LogP contribution < -0.4 is 5.32 Å². The molecule has 3 nitrogen and oxygen atoms in total. The average Bonchev–Trinajstić information content (AvgIpc) is 2.84. The predicted octanol–water partition coefficient (Wildman–Crippen LogP) is 2.60. The lowest BCUT2D eigenvalue weighted by molar-refractivity contribution is 0.554.